The molecule has 0 unspecified atom stereocenters. The van der Waals surface area contributed by atoms with E-state index >= 15 is 0 Å². The summed E-state index contributed by atoms with van der Waals surface area (Å²) in [4.78, 5) is 4.64. The van der Waals surface area contributed by atoms with E-state index in [9.17, 15) is 0 Å². The summed E-state index contributed by atoms with van der Waals surface area (Å²) in [6, 6.07) is 6.50. The maximum absolute atomic E-state index is 5.34. The van der Waals surface area contributed by atoms with Gasteiger partial charge in [0.25, 0.3) is 0 Å². The Balaban J connectivity index is 1.97. The Labute approximate surface area is 133 Å². The van der Waals surface area contributed by atoms with Crippen LogP contribution in [0.2, 0.25) is 0 Å². The zero-order valence-corrected chi connectivity index (χ0v) is 14.0. The SMILES string of the molecule is COc1ccc(Br)c(-n2cc(C)nc2NC2CCCC2)c1. The highest BCUT2D eigenvalue weighted by molar-refractivity contribution is 9.10. The van der Waals surface area contributed by atoms with Gasteiger partial charge in [0.1, 0.15) is 5.75 Å². The number of methoxy groups -OCH3 is 1. The predicted molar refractivity (Wildman–Crippen MR) is 88.4 cm³/mol. The normalized spacial score (nSPS) is 15.4. The largest absolute Gasteiger partial charge is 0.497 e. The quantitative estimate of drug-likeness (QED) is 0.893. The molecule has 5 heteroatoms. The Hall–Kier alpha value is -1.49. The lowest BCUT2D eigenvalue weighted by Crippen LogP contribution is -2.17. The number of benzene rings is 1. The van der Waals surface area contributed by atoms with Gasteiger partial charge in [-0.15, -0.1) is 0 Å². The van der Waals surface area contributed by atoms with Crippen molar-refractivity contribution in [1.82, 2.24) is 9.55 Å². The van der Waals surface area contributed by atoms with Crippen LogP contribution in [0.25, 0.3) is 5.69 Å². The number of rotatable bonds is 4. The van der Waals surface area contributed by atoms with Gasteiger partial charge in [-0.1, -0.05) is 12.8 Å². The number of hydrogen-bond acceptors (Lipinski definition) is 3. The van der Waals surface area contributed by atoms with Crippen LogP contribution in [0.3, 0.4) is 0 Å². The zero-order valence-electron chi connectivity index (χ0n) is 12.4. The molecule has 4 nitrogen and oxygen atoms in total. The van der Waals surface area contributed by atoms with Gasteiger partial charge >= 0.3 is 0 Å². The summed E-state index contributed by atoms with van der Waals surface area (Å²) in [5.74, 6) is 1.75. The smallest absolute Gasteiger partial charge is 0.207 e. The molecule has 0 saturated heterocycles. The molecule has 1 aliphatic rings. The highest BCUT2D eigenvalue weighted by atomic mass is 79.9. The molecule has 0 radical (unpaired) electrons. The molecule has 1 aliphatic carbocycles. The van der Waals surface area contributed by atoms with Gasteiger partial charge in [0.2, 0.25) is 5.95 Å². The lowest BCUT2D eigenvalue weighted by molar-refractivity contribution is 0.414. The molecule has 1 aromatic heterocycles. The van der Waals surface area contributed by atoms with E-state index in [2.05, 4.69) is 37.0 Å². The van der Waals surface area contributed by atoms with Crippen LogP contribution in [0.5, 0.6) is 5.75 Å². The average molecular weight is 350 g/mol. The second-order valence-electron chi connectivity index (χ2n) is 5.52. The monoisotopic (exact) mass is 349 g/mol. The summed E-state index contributed by atoms with van der Waals surface area (Å²) in [5, 5.41) is 3.58. The first kappa shape index (κ1) is 14.4. The molecule has 3 rings (SSSR count). The van der Waals surface area contributed by atoms with E-state index in [1.165, 1.54) is 25.7 Å². The molecular formula is C16H20BrN3O. The van der Waals surface area contributed by atoms with Crippen LogP contribution in [0.4, 0.5) is 5.95 Å². The molecule has 1 N–H and O–H groups in total. The highest BCUT2D eigenvalue weighted by Gasteiger charge is 2.18. The van der Waals surface area contributed by atoms with Gasteiger partial charge in [0.15, 0.2) is 0 Å². The molecule has 1 aromatic carbocycles. The van der Waals surface area contributed by atoms with Crippen LogP contribution in [-0.4, -0.2) is 22.7 Å². The van der Waals surface area contributed by atoms with Crippen LogP contribution in [0, 0.1) is 6.92 Å². The van der Waals surface area contributed by atoms with Crippen LogP contribution < -0.4 is 10.1 Å². The molecule has 2 aromatic rings. The summed E-state index contributed by atoms with van der Waals surface area (Å²) in [5.41, 5.74) is 2.04. The Bertz CT molecular complexity index is 632. The van der Waals surface area contributed by atoms with Crippen molar-refractivity contribution >= 4 is 21.9 Å². The molecule has 0 bridgehead atoms. The van der Waals surface area contributed by atoms with Crippen LogP contribution in [0.15, 0.2) is 28.9 Å². The van der Waals surface area contributed by atoms with E-state index in [0.29, 0.717) is 6.04 Å². The highest BCUT2D eigenvalue weighted by Crippen LogP contribution is 2.30. The Morgan fingerprint density at radius 1 is 1.33 bits per heavy atom. The van der Waals surface area contributed by atoms with Gasteiger partial charge in [-0.25, -0.2) is 4.98 Å². The fraction of sp³-hybridized carbons (Fsp3) is 0.438. The first-order valence-corrected chi connectivity index (χ1v) is 8.13. The summed E-state index contributed by atoms with van der Waals surface area (Å²) in [6.07, 6.45) is 7.12. The van der Waals surface area contributed by atoms with E-state index in [-0.39, 0.29) is 0 Å². The summed E-state index contributed by atoms with van der Waals surface area (Å²) < 4.78 is 8.46. The minimum Gasteiger partial charge on any atom is -0.497 e. The third-order valence-corrected chi connectivity index (χ3v) is 4.60. The number of ether oxygens (including phenoxy) is 1. The standard InChI is InChI=1S/C16H20BrN3O/c1-11-10-20(15-9-13(21-2)7-8-14(15)17)16(18-11)19-12-5-3-4-6-12/h7-10,12H,3-6H2,1-2H3,(H,18,19). The lowest BCUT2D eigenvalue weighted by Gasteiger charge is -2.16. The molecule has 1 heterocycles. The maximum atomic E-state index is 5.34. The fourth-order valence-electron chi connectivity index (χ4n) is 2.84. The predicted octanol–water partition coefficient (Wildman–Crippen LogP) is 4.31. The van der Waals surface area contributed by atoms with Crippen molar-refractivity contribution in [2.75, 3.05) is 12.4 Å². The van der Waals surface area contributed by atoms with Crippen LogP contribution in [-0.2, 0) is 0 Å². The van der Waals surface area contributed by atoms with Crippen molar-refractivity contribution in [2.45, 2.75) is 38.6 Å². The van der Waals surface area contributed by atoms with Crippen molar-refractivity contribution in [3.63, 3.8) is 0 Å². The molecule has 0 amide bonds. The average Bonchev–Trinajstić information content (AvgIpc) is 3.10. The molecule has 1 fully saturated rings. The van der Waals surface area contributed by atoms with E-state index in [4.69, 9.17) is 4.74 Å². The minimum absolute atomic E-state index is 0.537. The van der Waals surface area contributed by atoms with Crippen LogP contribution in [0.1, 0.15) is 31.4 Å². The fourth-order valence-corrected chi connectivity index (χ4v) is 3.28. The Kier molecular flexibility index (Phi) is 4.19. The van der Waals surface area contributed by atoms with Gasteiger partial charge in [-0.2, -0.15) is 0 Å². The van der Waals surface area contributed by atoms with Crippen molar-refractivity contribution < 1.29 is 4.74 Å². The van der Waals surface area contributed by atoms with Gasteiger partial charge < -0.3 is 10.1 Å². The van der Waals surface area contributed by atoms with E-state index < -0.39 is 0 Å². The maximum Gasteiger partial charge on any atom is 0.207 e. The molecule has 0 spiro atoms. The Morgan fingerprint density at radius 3 is 2.81 bits per heavy atom. The number of halogens is 1. The van der Waals surface area contributed by atoms with Gasteiger partial charge in [0.05, 0.1) is 18.5 Å². The first-order chi connectivity index (χ1) is 10.2. The number of aromatic nitrogens is 2. The van der Waals surface area contributed by atoms with Gasteiger partial charge in [-0.05, 0) is 47.8 Å². The van der Waals surface area contributed by atoms with E-state index in [1.807, 2.05) is 25.1 Å². The topological polar surface area (TPSA) is 39.1 Å². The second kappa shape index (κ2) is 6.10. The van der Waals surface area contributed by atoms with Crippen molar-refractivity contribution in [3.05, 3.63) is 34.6 Å². The Morgan fingerprint density at radius 2 is 2.10 bits per heavy atom. The number of imidazole rings is 1. The number of hydrogen-bond donors (Lipinski definition) is 1. The van der Waals surface area contributed by atoms with E-state index in [0.717, 1.165) is 27.6 Å². The van der Waals surface area contributed by atoms with Gasteiger partial charge in [0, 0.05) is 22.8 Å². The van der Waals surface area contributed by atoms with Crippen LogP contribution >= 0.6 is 15.9 Å². The summed E-state index contributed by atoms with van der Waals surface area (Å²) in [7, 11) is 1.68. The number of nitrogens with one attached hydrogen (secondary N) is 1. The summed E-state index contributed by atoms with van der Waals surface area (Å²) in [6.45, 7) is 2.02. The van der Waals surface area contributed by atoms with Crippen molar-refractivity contribution in [1.29, 1.82) is 0 Å². The third-order valence-electron chi connectivity index (χ3n) is 3.93. The van der Waals surface area contributed by atoms with Gasteiger partial charge in [-0.3, -0.25) is 4.57 Å². The minimum atomic E-state index is 0.537. The lowest BCUT2D eigenvalue weighted by atomic mass is 10.2. The second-order valence-corrected chi connectivity index (χ2v) is 6.37. The molecule has 21 heavy (non-hydrogen) atoms. The molecule has 0 aliphatic heterocycles. The number of nitrogens with zero attached hydrogens (tertiary/aromatic N) is 2. The number of aryl methyl sites for hydroxylation is 1. The zero-order chi connectivity index (χ0) is 14.8. The molecule has 1 saturated carbocycles. The number of anilines is 1. The van der Waals surface area contributed by atoms with Crippen molar-refractivity contribution in [3.8, 4) is 11.4 Å². The summed E-state index contributed by atoms with van der Waals surface area (Å²) >= 11 is 3.62. The third kappa shape index (κ3) is 3.07. The molecule has 0 atom stereocenters. The first-order valence-electron chi connectivity index (χ1n) is 7.34. The molecular weight excluding hydrogens is 330 g/mol. The van der Waals surface area contributed by atoms with Crippen molar-refractivity contribution in [2.24, 2.45) is 0 Å². The van der Waals surface area contributed by atoms with E-state index in [1.54, 1.807) is 7.11 Å². The molecule has 112 valence electrons.